The lowest BCUT2D eigenvalue weighted by Gasteiger charge is -2.38. The van der Waals surface area contributed by atoms with Crippen molar-refractivity contribution < 1.29 is 29.0 Å². The Kier molecular flexibility index (Phi) is 6.60. The van der Waals surface area contributed by atoms with E-state index in [2.05, 4.69) is 6.58 Å². The van der Waals surface area contributed by atoms with Gasteiger partial charge in [0.15, 0.2) is 0 Å². The molecule has 3 aliphatic rings. The lowest BCUT2D eigenvalue weighted by atomic mass is 9.62. The van der Waals surface area contributed by atoms with E-state index in [0.717, 1.165) is 10.8 Å². The molecule has 202 valence electrons. The molecule has 2 bridgehead atoms. The highest BCUT2D eigenvalue weighted by Gasteiger charge is 2.80. The Morgan fingerprint density at radius 2 is 2.00 bits per heavy atom. The van der Waals surface area contributed by atoms with Crippen molar-refractivity contribution in [1.29, 1.82) is 0 Å². The van der Waals surface area contributed by atoms with Crippen molar-refractivity contribution in [2.24, 2.45) is 17.8 Å². The number of amides is 2. The average Bonchev–Trinajstić information content (AvgIpc) is 3.42. The summed E-state index contributed by atoms with van der Waals surface area (Å²) < 4.78 is 12.1. The third-order valence-corrected chi connectivity index (χ3v) is 8.89. The van der Waals surface area contributed by atoms with E-state index in [-0.39, 0.29) is 37.5 Å². The number of benzene rings is 2. The second kappa shape index (κ2) is 9.50. The molecule has 5 rings (SSSR count). The van der Waals surface area contributed by atoms with Crippen molar-refractivity contribution >= 4 is 34.2 Å². The number of fused-ring (bicyclic) bond motifs is 2. The topological polar surface area (TPSA) is 96.4 Å². The molecule has 0 radical (unpaired) electrons. The van der Waals surface area contributed by atoms with Crippen LogP contribution in [-0.4, -0.2) is 70.8 Å². The minimum atomic E-state index is -1.21. The molecule has 3 saturated heterocycles. The van der Waals surface area contributed by atoms with Crippen molar-refractivity contribution in [2.45, 2.75) is 57.4 Å². The maximum Gasteiger partial charge on any atom is 0.312 e. The molecule has 3 fully saturated rings. The van der Waals surface area contributed by atoms with Gasteiger partial charge < -0.3 is 24.4 Å². The molecule has 0 saturated carbocycles. The maximum atomic E-state index is 14.6. The van der Waals surface area contributed by atoms with Crippen molar-refractivity contribution in [3.8, 4) is 0 Å². The number of anilines is 1. The minimum absolute atomic E-state index is 0.0887. The lowest BCUT2D eigenvalue weighted by Crippen LogP contribution is -2.58. The molecule has 8 nitrogen and oxygen atoms in total. The fraction of sp³-hybridized carbons (Fsp3) is 0.500. The Morgan fingerprint density at radius 3 is 2.66 bits per heavy atom. The molecule has 3 heterocycles. The number of aliphatic hydroxyl groups is 1. The van der Waals surface area contributed by atoms with Crippen molar-refractivity contribution in [1.82, 2.24) is 4.90 Å². The van der Waals surface area contributed by atoms with E-state index in [4.69, 9.17) is 9.47 Å². The molecular formula is C30H36N2O6. The number of carbonyl (C=O) groups excluding carboxylic acids is 3. The number of hydrogen-bond acceptors (Lipinski definition) is 6. The van der Waals surface area contributed by atoms with Crippen LogP contribution >= 0.6 is 0 Å². The Balaban J connectivity index is 1.64. The van der Waals surface area contributed by atoms with Gasteiger partial charge >= 0.3 is 5.97 Å². The molecule has 0 aliphatic carbocycles. The molecule has 2 amide bonds. The maximum absolute atomic E-state index is 14.6. The highest BCUT2D eigenvalue weighted by Crippen LogP contribution is 2.65. The van der Waals surface area contributed by atoms with E-state index in [9.17, 15) is 19.5 Å². The summed E-state index contributed by atoms with van der Waals surface area (Å²) in [7, 11) is 0. The summed E-state index contributed by atoms with van der Waals surface area (Å²) in [5.41, 5.74) is -1.48. The highest BCUT2D eigenvalue weighted by atomic mass is 16.6. The minimum Gasteiger partial charge on any atom is -0.466 e. The van der Waals surface area contributed by atoms with Gasteiger partial charge in [-0.05, 0) is 56.0 Å². The summed E-state index contributed by atoms with van der Waals surface area (Å²) >= 11 is 0. The van der Waals surface area contributed by atoms with Crippen molar-refractivity contribution in [3.63, 3.8) is 0 Å². The van der Waals surface area contributed by atoms with Crippen LogP contribution in [-0.2, 0) is 23.9 Å². The van der Waals surface area contributed by atoms with Gasteiger partial charge in [0.2, 0.25) is 5.91 Å². The van der Waals surface area contributed by atoms with Crippen molar-refractivity contribution in [2.75, 3.05) is 24.7 Å². The van der Waals surface area contributed by atoms with E-state index in [0.29, 0.717) is 12.1 Å². The van der Waals surface area contributed by atoms with Crippen LogP contribution in [0, 0.1) is 17.8 Å². The van der Waals surface area contributed by atoms with Gasteiger partial charge in [0.25, 0.3) is 5.91 Å². The fourth-order valence-electron chi connectivity index (χ4n) is 7.05. The van der Waals surface area contributed by atoms with Crippen LogP contribution in [0.4, 0.5) is 5.69 Å². The standard InChI is InChI=1S/C30H36N2O6/c1-6-14-31(22-13-12-20-10-8-9-11-21(20)15-22)27(35)25-30-16-18(3)29(5,38-30)24(28(36)37-7-2)23(30)26(34)32(25)19(4)17-33/h6,8-13,15,18-19,23-25,33H,1,7,14,16-17H2,2-5H3/t18?,19-,23+,24+,25?,29-,30?/m1/s1. The number of esters is 1. The molecule has 2 aromatic carbocycles. The average molecular weight is 521 g/mol. The zero-order valence-corrected chi connectivity index (χ0v) is 22.4. The third-order valence-electron chi connectivity index (χ3n) is 8.89. The first-order valence-electron chi connectivity index (χ1n) is 13.4. The molecular weight excluding hydrogens is 484 g/mol. The SMILES string of the molecule is C=CCN(C(=O)C1N([C@H](C)CO)C(=O)[C@@H]2[C@@H](C(=O)OCC)[C@]3(C)OC12CC3C)c1ccc2ccccc2c1. The van der Waals surface area contributed by atoms with Gasteiger partial charge in [-0.2, -0.15) is 0 Å². The highest BCUT2D eigenvalue weighted by molar-refractivity contribution is 6.05. The number of aliphatic hydroxyl groups excluding tert-OH is 1. The van der Waals surface area contributed by atoms with E-state index in [1.165, 1.54) is 4.90 Å². The molecule has 7 atom stereocenters. The van der Waals surface area contributed by atoms with Crippen LogP contribution in [0.15, 0.2) is 55.1 Å². The van der Waals surface area contributed by atoms with E-state index in [1.807, 2.05) is 56.3 Å². The number of ether oxygens (including phenoxy) is 2. The Hall–Kier alpha value is -3.23. The van der Waals surface area contributed by atoms with Gasteiger partial charge in [0, 0.05) is 12.2 Å². The quantitative estimate of drug-likeness (QED) is 0.424. The van der Waals surface area contributed by atoms with Crippen LogP contribution in [0.1, 0.15) is 34.1 Å². The van der Waals surface area contributed by atoms with Gasteiger partial charge in [-0.1, -0.05) is 43.3 Å². The largest absolute Gasteiger partial charge is 0.466 e. The second-order valence-corrected chi connectivity index (χ2v) is 11.0. The number of likely N-dealkylation sites (tertiary alicyclic amines) is 1. The van der Waals surface area contributed by atoms with E-state index >= 15 is 0 Å². The van der Waals surface area contributed by atoms with E-state index < -0.39 is 41.1 Å². The van der Waals surface area contributed by atoms with Gasteiger partial charge in [0.05, 0.1) is 30.8 Å². The van der Waals surface area contributed by atoms with Crippen LogP contribution in [0.5, 0.6) is 0 Å². The zero-order chi connectivity index (χ0) is 27.4. The number of rotatable bonds is 8. The van der Waals surface area contributed by atoms with Crippen LogP contribution < -0.4 is 4.90 Å². The predicted octanol–water partition coefficient (Wildman–Crippen LogP) is 3.31. The third kappa shape index (κ3) is 3.61. The summed E-state index contributed by atoms with van der Waals surface area (Å²) in [6.45, 7) is 11.2. The molecule has 2 aromatic rings. The first kappa shape index (κ1) is 26.4. The second-order valence-electron chi connectivity index (χ2n) is 11.0. The van der Waals surface area contributed by atoms with Gasteiger partial charge in [-0.25, -0.2) is 0 Å². The summed E-state index contributed by atoms with van der Waals surface area (Å²) in [6, 6.07) is 12.0. The molecule has 3 unspecified atom stereocenters. The summed E-state index contributed by atoms with van der Waals surface area (Å²) in [5.74, 6) is -2.95. The van der Waals surface area contributed by atoms with Crippen LogP contribution in [0.25, 0.3) is 10.8 Å². The summed E-state index contributed by atoms with van der Waals surface area (Å²) in [5, 5.41) is 12.1. The first-order valence-corrected chi connectivity index (χ1v) is 13.4. The van der Waals surface area contributed by atoms with Gasteiger partial charge in [0.1, 0.15) is 17.6 Å². The number of nitrogens with zero attached hydrogens (tertiary/aromatic N) is 2. The normalized spacial score (nSPS) is 32.3. The number of carbonyl (C=O) groups is 3. The lowest BCUT2D eigenvalue weighted by molar-refractivity contribution is -0.161. The zero-order valence-electron chi connectivity index (χ0n) is 22.4. The monoisotopic (exact) mass is 520 g/mol. The molecule has 0 aromatic heterocycles. The predicted molar refractivity (Wildman–Crippen MR) is 143 cm³/mol. The summed E-state index contributed by atoms with van der Waals surface area (Å²) in [6.07, 6.45) is 2.09. The Bertz CT molecular complexity index is 1290. The van der Waals surface area contributed by atoms with Crippen LogP contribution in [0.2, 0.25) is 0 Å². The van der Waals surface area contributed by atoms with E-state index in [1.54, 1.807) is 24.8 Å². The molecule has 1 N–H and O–H groups in total. The molecule has 38 heavy (non-hydrogen) atoms. The summed E-state index contributed by atoms with van der Waals surface area (Å²) in [4.78, 5) is 45.0. The van der Waals surface area contributed by atoms with Gasteiger partial charge in [-0.15, -0.1) is 6.58 Å². The molecule has 3 aliphatic heterocycles. The number of hydrogen-bond donors (Lipinski definition) is 1. The smallest absolute Gasteiger partial charge is 0.312 e. The molecule has 8 heteroatoms. The van der Waals surface area contributed by atoms with Crippen LogP contribution in [0.3, 0.4) is 0 Å². The Morgan fingerprint density at radius 1 is 1.29 bits per heavy atom. The first-order chi connectivity index (χ1) is 18.1. The molecule has 1 spiro atoms. The Labute approximate surface area is 223 Å². The fourth-order valence-corrected chi connectivity index (χ4v) is 7.05. The van der Waals surface area contributed by atoms with Gasteiger partial charge in [-0.3, -0.25) is 14.4 Å². The van der Waals surface area contributed by atoms with Crippen molar-refractivity contribution in [3.05, 3.63) is 55.1 Å².